The van der Waals surface area contributed by atoms with E-state index in [1.807, 2.05) is 5.38 Å². The lowest BCUT2D eigenvalue weighted by atomic mass is 10.1. The summed E-state index contributed by atoms with van der Waals surface area (Å²) in [6, 6.07) is 6.28. The molecule has 0 aliphatic carbocycles. The number of aliphatic hydroxyl groups excluding tert-OH is 1. The molecule has 3 N–H and O–H groups in total. The molecule has 0 aliphatic heterocycles. The third kappa shape index (κ3) is 4.58. The Morgan fingerprint density at radius 3 is 2.70 bits per heavy atom. The van der Waals surface area contributed by atoms with E-state index in [1.54, 1.807) is 26.0 Å². The Hall–Kier alpha value is -2.58. The van der Waals surface area contributed by atoms with Crippen LogP contribution >= 0.6 is 11.3 Å². The van der Waals surface area contributed by atoms with E-state index in [2.05, 4.69) is 20.6 Å². The Balaban J connectivity index is 1.76. The SMILES string of the molecule is CC(C)(CO)NC(=O)CCNc1ncnc2scc(-c3ccc(F)cc3)c12. The summed E-state index contributed by atoms with van der Waals surface area (Å²) in [5, 5.41) is 18.0. The quantitative estimate of drug-likeness (QED) is 0.579. The van der Waals surface area contributed by atoms with Crippen LogP contribution in [0.3, 0.4) is 0 Å². The first-order valence-corrected chi connectivity index (χ1v) is 9.41. The normalized spacial score (nSPS) is 11.6. The van der Waals surface area contributed by atoms with Gasteiger partial charge in [-0.1, -0.05) is 12.1 Å². The third-order valence-corrected chi connectivity index (χ3v) is 4.93. The summed E-state index contributed by atoms with van der Waals surface area (Å²) in [4.78, 5) is 21.4. The molecule has 3 aromatic rings. The fraction of sp³-hybridized carbons (Fsp3) is 0.316. The molecular formula is C19H21FN4O2S. The van der Waals surface area contributed by atoms with Crippen LogP contribution in [-0.4, -0.2) is 39.7 Å². The van der Waals surface area contributed by atoms with Crippen LogP contribution in [0, 0.1) is 5.82 Å². The average Bonchev–Trinajstić information content (AvgIpc) is 3.07. The molecule has 0 atom stereocenters. The van der Waals surface area contributed by atoms with Crippen LogP contribution < -0.4 is 10.6 Å². The van der Waals surface area contributed by atoms with E-state index in [1.165, 1.54) is 29.8 Å². The summed E-state index contributed by atoms with van der Waals surface area (Å²) in [5.74, 6) is 0.190. The van der Waals surface area contributed by atoms with E-state index in [9.17, 15) is 14.3 Å². The van der Waals surface area contributed by atoms with Crippen molar-refractivity contribution >= 4 is 33.3 Å². The van der Waals surface area contributed by atoms with Gasteiger partial charge >= 0.3 is 0 Å². The van der Waals surface area contributed by atoms with Gasteiger partial charge in [0.2, 0.25) is 5.91 Å². The zero-order valence-corrected chi connectivity index (χ0v) is 15.9. The van der Waals surface area contributed by atoms with Crippen LogP contribution in [-0.2, 0) is 4.79 Å². The number of aromatic nitrogens is 2. The number of hydrogen-bond acceptors (Lipinski definition) is 6. The molecule has 8 heteroatoms. The van der Waals surface area contributed by atoms with Crippen LogP contribution in [0.5, 0.6) is 0 Å². The lowest BCUT2D eigenvalue weighted by Gasteiger charge is -2.23. The minimum absolute atomic E-state index is 0.130. The van der Waals surface area contributed by atoms with E-state index >= 15 is 0 Å². The molecule has 0 aliphatic rings. The molecule has 0 unspecified atom stereocenters. The molecule has 2 heterocycles. The summed E-state index contributed by atoms with van der Waals surface area (Å²) in [6.45, 7) is 3.77. The number of anilines is 1. The molecule has 2 aromatic heterocycles. The molecule has 0 saturated carbocycles. The molecule has 27 heavy (non-hydrogen) atoms. The summed E-state index contributed by atoms with van der Waals surface area (Å²) in [7, 11) is 0. The van der Waals surface area contributed by atoms with Crippen molar-refractivity contribution in [1.82, 2.24) is 15.3 Å². The molecule has 0 radical (unpaired) electrons. The number of thiophene rings is 1. The van der Waals surface area contributed by atoms with Crippen LogP contribution in [0.4, 0.5) is 10.2 Å². The van der Waals surface area contributed by atoms with E-state index < -0.39 is 5.54 Å². The van der Waals surface area contributed by atoms with Gasteiger partial charge in [-0.25, -0.2) is 14.4 Å². The van der Waals surface area contributed by atoms with Crippen molar-refractivity contribution in [3.63, 3.8) is 0 Å². The maximum absolute atomic E-state index is 13.2. The number of halogens is 1. The highest BCUT2D eigenvalue weighted by Crippen LogP contribution is 2.36. The standard InChI is InChI=1S/C19H21FN4O2S/c1-19(2,10-25)24-15(26)7-8-21-17-16-14(9-27-18(16)23-11-22-17)12-3-5-13(20)6-4-12/h3-6,9,11,25H,7-8,10H2,1-2H3,(H,24,26)(H,21,22,23). The predicted octanol–water partition coefficient (Wildman–Crippen LogP) is 3.19. The van der Waals surface area contributed by atoms with Crippen LogP contribution in [0.15, 0.2) is 36.0 Å². The summed E-state index contributed by atoms with van der Waals surface area (Å²) < 4.78 is 13.2. The average molecular weight is 388 g/mol. The van der Waals surface area contributed by atoms with Gasteiger partial charge in [0, 0.05) is 23.9 Å². The van der Waals surface area contributed by atoms with E-state index in [0.29, 0.717) is 12.4 Å². The highest BCUT2D eigenvalue weighted by molar-refractivity contribution is 7.17. The number of nitrogens with zero attached hydrogens (tertiary/aromatic N) is 2. The lowest BCUT2D eigenvalue weighted by molar-refractivity contribution is -0.122. The molecule has 0 bridgehead atoms. The van der Waals surface area contributed by atoms with Gasteiger partial charge in [0.1, 0.15) is 22.8 Å². The zero-order valence-electron chi connectivity index (χ0n) is 15.1. The zero-order chi connectivity index (χ0) is 19.4. The Bertz CT molecular complexity index is 941. The van der Waals surface area contributed by atoms with Gasteiger partial charge in [0.25, 0.3) is 0 Å². The molecule has 1 amide bonds. The Morgan fingerprint density at radius 2 is 2.00 bits per heavy atom. The van der Waals surface area contributed by atoms with E-state index in [0.717, 1.165) is 21.3 Å². The topological polar surface area (TPSA) is 87.1 Å². The Kier molecular flexibility index (Phi) is 5.67. The second-order valence-electron chi connectivity index (χ2n) is 6.83. The molecule has 0 saturated heterocycles. The van der Waals surface area contributed by atoms with Gasteiger partial charge in [-0.05, 0) is 31.5 Å². The first-order valence-electron chi connectivity index (χ1n) is 8.53. The second kappa shape index (κ2) is 7.98. The number of carbonyl (C=O) groups is 1. The lowest BCUT2D eigenvalue weighted by Crippen LogP contribution is -2.46. The molecule has 0 fully saturated rings. The van der Waals surface area contributed by atoms with Crippen molar-refractivity contribution in [3.8, 4) is 11.1 Å². The minimum atomic E-state index is -0.650. The third-order valence-electron chi connectivity index (χ3n) is 4.04. The summed E-state index contributed by atoms with van der Waals surface area (Å²) in [5.41, 5.74) is 1.15. The van der Waals surface area contributed by atoms with Crippen LogP contribution in [0.2, 0.25) is 0 Å². The fourth-order valence-electron chi connectivity index (χ4n) is 2.62. The molecule has 142 valence electrons. The highest BCUT2D eigenvalue weighted by Gasteiger charge is 2.19. The molecule has 6 nitrogen and oxygen atoms in total. The number of carbonyl (C=O) groups excluding carboxylic acids is 1. The van der Waals surface area contributed by atoms with Gasteiger partial charge in [0.15, 0.2) is 0 Å². The number of aliphatic hydroxyl groups is 1. The van der Waals surface area contributed by atoms with Crippen LogP contribution in [0.25, 0.3) is 21.3 Å². The molecule has 3 rings (SSSR count). The van der Waals surface area contributed by atoms with E-state index in [-0.39, 0.29) is 24.8 Å². The van der Waals surface area contributed by atoms with Gasteiger partial charge in [0.05, 0.1) is 17.5 Å². The van der Waals surface area contributed by atoms with Crippen LogP contribution in [0.1, 0.15) is 20.3 Å². The monoisotopic (exact) mass is 388 g/mol. The smallest absolute Gasteiger partial charge is 0.222 e. The van der Waals surface area contributed by atoms with Crippen molar-refractivity contribution in [3.05, 3.63) is 41.8 Å². The van der Waals surface area contributed by atoms with Crippen molar-refractivity contribution in [1.29, 1.82) is 0 Å². The summed E-state index contributed by atoms with van der Waals surface area (Å²) >= 11 is 1.49. The van der Waals surface area contributed by atoms with Gasteiger partial charge < -0.3 is 15.7 Å². The first-order chi connectivity index (χ1) is 12.9. The first kappa shape index (κ1) is 19.2. The number of fused-ring (bicyclic) bond motifs is 1. The van der Waals surface area contributed by atoms with Crippen molar-refractivity contribution in [2.24, 2.45) is 0 Å². The van der Waals surface area contributed by atoms with E-state index in [4.69, 9.17) is 0 Å². The molecular weight excluding hydrogens is 367 g/mol. The van der Waals surface area contributed by atoms with Gasteiger partial charge in [-0.15, -0.1) is 11.3 Å². The number of benzene rings is 1. The fourth-order valence-corrected chi connectivity index (χ4v) is 3.54. The second-order valence-corrected chi connectivity index (χ2v) is 7.68. The van der Waals surface area contributed by atoms with Crippen molar-refractivity contribution in [2.75, 3.05) is 18.5 Å². The van der Waals surface area contributed by atoms with Gasteiger partial charge in [-0.3, -0.25) is 4.79 Å². The molecule has 1 aromatic carbocycles. The Labute approximate surface area is 160 Å². The molecule has 0 spiro atoms. The number of hydrogen-bond donors (Lipinski definition) is 3. The van der Waals surface area contributed by atoms with Crippen molar-refractivity contribution < 1.29 is 14.3 Å². The largest absolute Gasteiger partial charge is 0.394 e. The highest BCUT2D eigenvalue weighted by atomic mass is 32.1. The summed E-state index contributed by atoms with van der Waals surface area (Å²) in [6.07, 6.45) is 1.72. The maximum Gasteiger partial charge on any atom is 0.222 e. The van der Waals surface area contributed by atoms with Gasteiger partial charge in [-0.2, -0.15) is 0 Å². The Morgan fingerprint density at radius 1 is 1.26 bits per heavy atom. The van der Waals surface area contributed by atoms with Crippen molar-refractivity contribution in [2.45, 2.75) is 25.8 Å². The minimum Gasteiger partial charge on any atom is -0.394 e. The number of rotatable bonds is 7. The maximum atomic E-state index is 13.2. The number of nitrogens with one attached hydrogen (secondary N) is 2. The predicted molar refractivity (Wildman–Crippen MR) is 105 cm³/mol. The number of amides is 1.